The highest BCUT2D eigenvalue weighted by atomic mass is 16.6. The summed E-state index contributed by atoms with van der Waals surface area (Å²) >= 11 is 0. The van der Waals surface area contributed by atoms with Gasteiger partial charge in [-0.3, -0.25) is 4.79 Å². The van der Waals surface area contributed by atoms with Crippen molar-refractivity contribution in [3.05, 3.63) is 119 Å². The molecule has 7 nitrogen and oxygen atoms in total. The van der Waals surface area contributed by atoms with E-state index in [1.807, 2.05) is 30.3 Å². The van der Waals surface area contributed by atoms with Crippen LogP contribution in [-0.4, -0.2) is 27.7 Å². The van der Waals surface area contributed by atoms with Gasteiger partial charge in [0.05, 0.1) is 11.1 Å². The molecular weight excluding hydrogens is 432 g/mol. The Morgan fingerprint density at radius 2 is 1.18 bits per heavy atom. The molecule has 0 aliphatic carbocycles. The molecule has 0 bridgehead atoms. The smallest absolute Gasteiger partial charge is 0.344 e. The number of nitrogens with zero attached hydrogens (tertiary/aromatic N) is 2. The van der Waals surface area contributed by atoms with Crippen molar-refractivity contribution in [1.82, 2.24) is 9.97 Å². The van der Waals surface area contributed by atoms with Gasteiger partial charge >= 0.3 is 11.9 Å². The quantitative estimate of drug-likeness (QED) is 0.296. The van der Waals surface area contributed by atoms with Crippen LogP contribution in [0.3, 0.4) is 0 Å². The minimum absolute atomic E-state index is 0.152. The highest BCUT2D eigenvalue weighted by Crippen LogP contribution is 2.31. The lowest BCUT2D eigenvalue weighted by Gasteiger charge is -2.14. The number of ether oxygens (including phenoxy) is 2. The van der Waals surface area contributed by atoms with Crippen LogP contribution in [0.5, 0.6) is 11.6 Å². The molecule has 4 rings (SSSR count). The maximum Gasteiger partial charge on any atom is 0.344 e. The first kappa shape index (κ1) is 22.5. The van der Waals surface area contributed by atoms with Crippen LogP contribution in [0.2, 0.25) is 0 Å². The van der Waals surface area contributed by atoms with Crippen LogP contribution in [0.25, 0.3) is 0 Å². The van der Waals surface area contributed by atoms with Gasteiger partial charge in [0.25, 0.3) is 5.88 Å². The Bertz CT molecular complexity index is 1320. The lowest BCUT2D eigenvalue weighted by molar-refractivity contribution is 0.0670. The third kappa shape index (κ3) is 5.39. The molecule has 0 unspecified atom stereocenters. The van der Waals surface area contributed by atoms with Crippen molar-refractivity contribution in [2.45, 2.75) is 13.3 Å². The summed E-state index contributed by atoms with van der Waals surface area (Å²) in [5.74, 6) is -2.28. The summed E-state index contributed by atoms with van der Waals surface area (Å²) in [6.07, 6.45) is 0.282. The minimum Gasteiger partial charge on any atom is -0.415 e. The van der Waals surface area contributed by atoms with E-state index >= 15 is 0 Å². The Morgan fingerprint density at radius 3 is 1.71 bits per heavy atom. The van der Waals surface area contributed by atoms with E-state index in [4.69, 9.17) is 9.47 Å². The molecule has 0 N–H and O–H groups in total. The molecule has 1 heterocycles. The van der Waals surface area contributed by atoms with Gasteiger partial charge in [0.2, 0.25) is 5.75 Å². The lowest BCUT2D eigenvalue weighted by atomic mass is 10.1. The van der Waals surface area contributed by atoms with Crippen molar-refractivity contribution < 1.29 is 23.9 Å². The van der Waals surface area contributed by atoms with Crippen LogP contribution < -0.4 is 9.47 Å². The van der Waals surface area contributed by atoms with Gasteiger partial charge in [0.15, 0.2) is 11.5 Å². The van der Waals surface area contributed by atoms with Crippen molar-refractivity contribution in [3.63, 3.8) is 0 Å². The maximum absolute atomic E-state index is 12.8. The van der Waals surface area contributed by atoms with Crippen molar-refractivity contribution in [2.24, 2.45) is 0 Å². The first-order valence-corrected chi connectivity index (χ1v) is 10.5. The predicted octanol–water partition coefficient (Wildman–Crippen LogP) is 4.71. The van der Waals surface area contributed by atoms with Gasteiger partial charge in [-0.05, 0) is 29.8 Å². The predicted molar refractivity (Wildman–Crippen MR) is 124 cm³/mol. The molecule has 0 fully saturated rings. The van der Waals surface area contributed by atoms with E-state index in [2.05, 4.69) is 9.97 Å². The van der Waals surface area contributed by atoms with Gasteiger partial charge in [-0.15, -0.1) is 0 Å². The number of hydrogen-bond acceptors (Lipinski definition) is 7. The highest BCUT2D eigenvalue weighted by molar-refractivity contribution is 5.99. The molecule has 0 aliphatic heterocycles. The highest BCUT2D eigenvalue weighted by Gasteiger charge is 2.26. The summed E-state index contributed by atoms with van der Waals surface area (Å²) in [6, 6.07) is 25.9. The van der Waals surface area contributed by atoms with Crippen LogP contribution >= 0.6 is 0 Å². The Kier molecular flexibility index (Phi) is 6.84. The van der Waals surface area contributed by atoms with E-state index in [0.29, 0.717) is 0 Å². The zero-order valence-electron chi connectivity index (χ0n) is 18.3. The van der Waals surface area contributed by atoms with Gasteiger partial charge in [0.1, 0.15) is 5.82 Å². The monoisotopic (exact) mass is 452 g/mol. The van der Waals surface area contributed by atoms with Crippen molar-refractivity contribution >= 4 is 17.7 Å². The first-order chi connectivity index (χ1) is 16.5. The number of ketones is 1. The van der Waals surface area contributed by atoms with E-state index < -0.39 is 17.7 Å². The third-order valence-electron chi connectivity index (χ3n) is 4.82. The number of benzene rings is 3. The number of esters is 2. The molecular formula is C27H20N2O5. The van der Waals surface area contributed by atoms with Crippen LogP contribution in [0.15, 0.2) is 91.0 Å². The van der Waals surface area contributed by atoms with Gasteiger partial charge in [-0.1, -0.05) is 66.7 Å². The molecule has 0 spiro atoms. The van der Waals surface area contributed by atoms with E-state index in [1.165, 1.54) is 6.92 Å². The van der Waals surface area contributed by atoms with Crippen LogP contribution in [0.1, 0.15) is 49.5 Å². The molecule has 0 radical (unpaired) electrons. The largest absolute Gasteiger partial charge is 0.415 e. The zero-order chi connectivity index (χ0) is 23.9. The molecule has 0 aliphatic rings. The Labute approximate surface area is 196 Å². The van der Waals surface area contributed by atoms with E-state index in [-0.39, 0.29) is 40.7 Å². The molecule has 3 aromatic carbocycles. The van der Waals surface area contributed by atoms with Gasteiger partial charge in [0, 0.05) is 13.3 Å². The number of carbonyl (C=O) groups excluding carboxylic acids is 3. The fourth-order valence-electron chi connectivity index (χ4n) is 3.18. The summed E-state index contributed by atoms with van der Waals surface area (Å²) in [5.41, 5.74) is 1.27. The molecule has 1 aromatic heterocycles. The minimum atomic E-state index is -0.737. The second kappa shape index (κ2) is 10.3. The maximum atomic E-state index is 12.8. The SMILES string of the molecule is CC(=O)c1nc(Cc2ccccc2)nc(OC(=O)c2ccccc2)c1OC(=O)c1ccccc1. The molecule has 34 heavy (non-hydrogen) atoms. The van der Waals surface area contributed by atoms with Crippen LogP contribution in [0.4, 0.5) is 0 Å². The van der Waals surface area contributed by atoms with Gasteiger partial charge in [-0.25, -0.2) is 14.6 Å². The topological polar surface area (TPSA) is 95.5 Å². The summed E-state index contributed by atoms with van der Waals surface area (Å²) < 4.78 is 11.0. The molecule has 168 valence electrons. The summed E-state index contributed by atoms with van der Waals surface area (Å²) in [4.78, 5) is 46.6. The van der Waals surface area contributed by atoms with E-state index in [1.54, 1.807) is 60.7 Å². The second-order valence-corrected chi connectivity index (χ2v) is 7.35. The van der Waals surface area contributed by atoms with Crippen molar-refractivity contribution in [1.29, 1.82) is 0 Å². The number of hydrogen-bond donors (Lipinski definition) is 0. The van der Waals surface area contributed by atoms with Gasteiger partial charge < -0.3 is 9.47 Å². The molecule has 4 aromatic rings. The number of carbonyl (C=O) groups is 3. The lowest BCUT2D eigenvalue weighted by Crippen LogP contribution is -2.18. The average Bonchev–Trinajstić information content (AvgIpc) is 2.86. The van der Waals surface area contributed by atoms with Gasteiger partial charge in [-0.2, -0.15) is 4.98 Å². The Hall–Kier alpha value is -4.65. The average molecular weight is 452 g/mol. The first-order valence-electron chi connectivity index (χ1n) is 10.5. The molecule has 0 amide bonds. The normalized spacial score (nSPS) is 10.4. The summed E-state index contributed by atoms with van der Waals surface area (Å²) in [6.45, 7) is 1.29. The Morgan fingerprint density at radius 1 is 0.676 bits per heavy atom. The van der Waals surface area contributed by atoms with Crippen molar-refractivity contribution in [3.8, 4) is 11.6 Å². The summed E-state index contributed by atoms with van der Waals surface area (Å²) in [7, 11) is 0. The van der Waals surface area contributed by atoms with E-state index in [9.17, 15) is 14.4 Å². The number of rotatable bonds is 7. The fourth-order valence-corrected chi connectivity index (χ4v) is 3.18. The number of aromatic nitrogens is 2. The van der Waals surface area contributed by atoms with Crippen LogP contribution in [0, 0.1) is 0 Å². The fraction of sp³-hybridized carbons (Fsp3) is 0.0741. The molecule has 0 atom stereocenters. The molecule has 0 saturated heterocycles. The number of Topliss-reactive ketones (excluding diaryl/α,β-unsaturated/α-hetero) is 1. The third-order valence-corrected chi connectivity index (χ3v) is 4.82. The second-order valence-electron chi connectivity index (χ2n) is 7.35. The Balaban J connectivity index is 1.77. The zero-order valence-corrected chi connectivity index (χ0v) is 18.3. The molecule has 0 saturated carbocycles. The standard InChI is InChI=1S/C27H20N2O5/c1-18(30)23-24(33-26(31)20-13-7-3-8-14-20)25(34-27(32)21-15-9-4-10-16-21)29-22(28-23)17-19-11-5-2-6-12-19/h2-16H,17H2,1H3. The van der Waals surface area contributed by atoms with Crippen molar-refractivity contribution in [2.75, 3.05) is 0 Å². The van der Waals surface area contributed by atoms with E-state index in [0.717, 1.165) is 5.56 Å². The van der Waals surface area contributed by atoms with Crippen LogP contribution in [-0.2, 0) is 6.42 Å². The summed E-state index contributed by atoms with van der Waals surface area (Å²) in [5, 5.41) is 0. The molecule has 7 heteroatoms.